The van der Waals surface area contributed by atoms with Crippen molar-refractivity contribution in [2.24, 2.45) is 0 Å². The fourth-order valence-corrected chi connectivity index (χ4v) is 6.03. The van der Waals surface area contributed by atoms with Gasteiger partial charge in [-0.1, -0.05) is 149 Å². The molecule has 0 aliphatic rings. The van der Waals surface area contributed by atoms with Crippen LogP contribution in [0.1, 0.15) is 136 Å². The van der Waals surface area contributed by atoms with E-state index in [1.54, 1.807) is 12.2 Å². The van der Waals surface area contributed by atoms with E-state index >= 15 is 0 Å². The summed E-state index contributed by atoms with van der Waals surface area (Å²) in [5.74, 6) is -1.15. The van der Waals surface area contributed by atoms with Crippen LogP contribution in [-0.4, -0.2) is 81.2 Å². The maximum absolute atomic E-state index is 12.7. The van der Waals surface area contributed by atoms with Gasteiger partial charge in [0, 0.05) is 12.8 Å². The van der Waals surface area contributed by atoms with Gasteiger partial charge in [-0.3, -0.25) is 14.2 Å². The lowest BCUT2D eigenvalue weighted by atomic mass is 10.1. The van der Waals surface area contributed by atoms with Crippen LogP contribution in [0.5, 0.6) is 0 Å². The summed E-state index contributed by atoms with van der Waals surface area (Å²) in [7, 11) is 1.01. The van der Waals surface area contributed by atoms with E-state index in [2.05, 4.69) is 98.9 Å². The quantitative estimate of drug-likeness (QED) is 0.0160. The van der Waals surface area contributed by atoms with Gasteiger partial charge in [-0.2, -0.15) is 0 Å². The summed E-state index contributed by atoms with van der Waals surface area (Å²) in [4.78, 5) is 37.6. The Morgan fingerprint density at radius 2 is 1.15 bits per heavy atom. The Bertz CT molecular complexity index is 1420. The molecule has 1 N–H and O–H groups in total. The van der Waals surface area contributed by atoms with E-state index in [1.165, 1.54) is 19.3 Å². The number of aliphatic hydroxyl groups is 1. The minimum atomic E-state index is -4.70. The normalized spacial score (nSPS) is 15.1. The highest BCUT2D eigenvalue weighted by atomic mass is 31.2. The van der Waals surface area contributed by atoms with Crippen LogP contribution in [0.25, 0.3) is 0 Å². The maximum atomic E-state index is 12.7. The van der Waals surface area contributed by atoms with E-state index in [1.807, 2.05) is 33.3 Å². The highest BCUT2D eigenvalue weighted by Crippen LogP contribution is 2.38. The number of phosphoric ester groups is 1. The summed E-state index contributed by atoms with van der Waals surface area (Å²) in [6, 6.07) is 0. The average Bonchev–Trinajstić information content (AvgIpc) is 3.21. The summed E-state index contributed by atoms with van der Waals surface area (Å²) >= 11 is 0. The van der Waals surface area contributed by atoms with Crippen LogP contribution < -0.4 is 4.89 Å². The van der Waals surface area contributed by atoms with Crippen LogP contribution in [0.15, 0.2) is 109 Å². The molecule has 2 unspecified atom stereocenters. The lowest BCUT2D eigenvalue weighted by Gasteiger charge is -2.28. The number of quaternary nitrogens is 1. The number of unbranched alkanes of at least 4 members (excludes halogenated alkanes) is 7. The number of esters is 2. The van der Waals surface area contributed by atoms with Crippen LogP contribution in [0.2, 0.25) is 0 Å². The third kappa shape index (κ3) is 44.5. The summed E-state index contributed by atoms with van der Waals surface area (Å²) in [5, 5.41) is 10.3. The number of carbonyl (C=O) groups excluding carboxylic acids is 2. The van der Waals surface area contributed by atoms with Gasteiger partial charge in [-0.25, -0.2) is 0 Å². The largest absolute Gasteiger partial charge is 0.756 e. The fraction of sp³-hybridized carbons (Fsp3) is 0.600. The van der Waals surface area contributed by atoms with Gasteiger partial charge in [0.1, 0.15) is 19.8 Å². The van der Waals surface area contributed by atoms with Crippen LogP contribution in [0, 0.1) is 0 Å². The molecule has 0 aromatic rings. The molecule has 0 heterocycles. The van der Waals surface area contributed by atoms with Crippen LogP contribution in [-0.2, 0) is 32.7 Å². The lowest BCUT2D eigenvalue weighted by Crippen LogP contribution is -2.37. The number of rotatable bonds is 39. The van der Waals surface area contributed by atoms with Crippen LogP contribution in [0.3, 0.4) is 0 Å². The van der Waals surface area contributed by atoms with Crippen molar-refractivity contribution in [1.82, 2.24) is 0 Å². The Balaban J connectivity index is 4.64. The first kappa shape index (κ1) is 57.6. The number of carbonyl (C=O) groups is 2. The molecule has 10 nitrogen and oxygen atoms in total. The summed E-state index contributed by atoms with van der Waals surface area (Å²) in [6.07, 6.45) is 51.6. The molecule has 0 aliphatic carbocycles. The molecular weight excluding hydrogens is 790 g/mol. The Morgan fingerprint density at radius 1 is 0.623 bits per heavy atom. The molecule has 346 valence electrons. The van der Waals surface area contributed by atoms with E-state index in [-0.39, 0.29) is 25.9 Å². The van der Waals surface area contributed by atoms with Crippen molar-refractivity contribution in [2.75, 3.05) is 47.5 Å². The lowest BCUT2D eigenvalue weighted by molar-refractivity contribution is -0.870. The van der Waals surface area contributed by atoms with Crippen LogP contribution >= 0.6 is 7.82 Å². The van der Waals surface area contributed by atoms with E-state index in [9.17, 15) is 24.2 Å². The second-order valence-electron chi connectivity index (χ2n) is 15.9. The second-order valence-corrected chi connectivity index (χ2v) is 17.3. The molecule has 61 heavy (non-hydrogen) atoms. The number of likely N-dealkylation sites (N-methyl/N-ethyl adjacent to an activating group) is 1. The third-order valence-corrected chi connectivity index (χ3v) is 9.86. The third-order valence-electron chi connectivity index (χ3n) is 8.89. The summed E-state index contributed by atoms with van der Waals surface area (Å²) in [5.41, 5.74) is 0. The van der Waals surface area contributed by atoms with Crippen molar-refractivity contribution in [2.45, 2.75) is 148 Å². The van der Waals surface area contributed by atoms with Gasteiger partial charge in [0.2, 0.25) is 0 Å². The average molecular weight is 872 g/mol. The van der Waals surface area contributed by atoms with Crippen molar-refractivity contribution in [3.05, 3.63) is 109 Å². The molecule has 3 atom stereocenters. The standard InChI is InChI=1S/C50H82NO9P/c1-6-8-10-12-14-16-18-20-22-24-26-28-30-32-34-36-38-40-50(54)60-48(46-59-61(55,56)58-44-43-51(3,4)5)45-57-49(53)42-41-47(52)39-37-35-33-31-29-27-25-23-21-19-17-15-13-11-9-7-2/h9,11,14-17,20-23,26-29,33,35,37,39,47-48,52H,6-8,10,12-13,18-19,24-25,30-32,34,36,38,40-46H2,1-5H3/b11-9-,16-14-,17-15-,22-20-,23-21-,28-26-,29-27-,35-33-,39-37-/t47?,48-/m1/s1. The molecule has 0 bridgehead atoms. The zero-order chi connectivity index (χ0) is 45.1. The molecule has 0 saturated carbocycles. The van der Waals surface area contributed by atoms with E-state index in [4.69, 9.17) is 18.5 Å². The van der Waals surface area contributed by atoms with Gasteiger partial charge in [-0.15, -0.1) is 0 Å². The highest BCUT2D eigenvalue weighted by molar-refractivity contribution is 7.45. The Kier molecular flexibility index (Phi) is 38.4. The van der Waals surface area contributed by atoms with Crippen molar-refractivity contribution >= 4 is 19.8 Å². The predicted molar refractivity (Wildman–Crippen MR) is 251 cm³/mol. The van der Waals surface area contributed by atoms with E-state index in [0.717, 1.165) is 77.0 Å². The molecule has 0 aromatic carbocycles. The number of allylic oxidation sites excluding steroid dienone is 17. The first-order valence-electron chi connectivity index (χ1n) is 22.7. The predicted octanol–water partition coefficient (Wildman–Crippen LogP) is 11.5. The molecule has 0 rings (SSSR count). The smallest absolute Gasteiger partial charge is 0.306 e. The molecule has 0 fully saturated rings. The van der Waals surface area contributed by atoms with Gasteiger partial charge in [0.15, 0.2) is 6.10 Å². The molecule has 0 aromatic heterocycles. The van der Waals surface area contributed by atoms with Gasteiger partial charge < -0.3 is 33.0 Å². The molecule has 0 spiro atoms. The minimum Gasteiger partial charge on any atom is -0.756 e. The van der Waals surface area contributed by atoms with Crippen molar-refractivity contribution < 1.29 is 47.2 Å². The number of nitrogens with zero attached hydrogens (tertiary/aromatic N) is 1. The van der Waals surface area contributed by atoms with Crippen molar-refractivity contribution in [1.29, 1.82) is 0 Å². The first-order chi connectivity index (χ1) is 29.4. The number of aliphatic hydroxyl groups excluding tert-OH is 1. The molecule has 0 amide bonds. The number of phosphoric acid groups is 1. The highest BCUT2D eigenvalue weighted by Gasteiger charge is 2.22. The Morgan fingerprint density at radius 3 is 1.70 bits per heavy atom. The van der Waals surface area contributed by atoms with Gasteiger partial charge >= 0.3 is 11.9 Å². The van der Waals surface area contributed by atoms with Gasteiger partial charge in [0.05, 0.1) is 33.9 Å². The maximum Gasteiger partial charge on any atom is 0.306 e. The Labute approximate surface area is 370 Å². The molecule has 11 heteroatoms. The van der Waals surface area contributed by atoms with Gasteiger partial charge in [0.25, 0.3) is 7.82 Å². The number of ether oxygens (including phenoxy) is 2. The van der Waals surface area contributed by atoms with Gasteiger partial charge in [-0.05, 0) is 83.5 Å². The SMILES string of the molecule is CC/C=C\C/C=C\C/C=C\C/C=C\C/C=C\C=C/C(O)CCC(=O)OC[C@H](COP(=O)([O-])OCC[N+](C)(C)C)OC(=O)CCCCCC/C=C\C/C=C\C/C=C\CCCCC. The first-order valence-corrected chi connectivity index (χ1v) is 24.2. The molecule has 0 saturated heterocycles. The Hall–Kier alpha value is -3.37. The summed E-state index contributed by atoms with van der Waals surface area (Å²) < 4.78 is 33.7. The summed E-state index contributed by atoms with van der Waals surface area (Å²) in [6.45, 7) is 3.75. The van der Waals surface area contributed by atoms with Crippen molar-refractivity contribution in [3.63, 3.8) is 0 Å². The molecular formula is C50H82NO9P. The molecule has 0 radical (unpaired) electrons. The number of hydrogen-bond donors (Lipinski definition) is 1. The minimum absolute atomic E-state index is 0.0778. The second kappa shape index (κ2) is 40.7. The fourth-order valence-electron chi connectivity index (χ4n) is 5.30. The topological polar surface area (TPSA) is 131 Å². The van der Waals surface area contributed by atoms with E-state index in [0.29, 0.717) is 17.4 Å². The zero-order valence-corrected chi connectivity index (χ0v) is 39.3. The van der Waals surface area contributed by atoms with Crippen LogP contribution in [0.4, 0.5) is 0 Å². The number of hydrogen-bond acceptors (Lipinski definition) is 9. The van der Waals surface area contributed by atoms with Crippen molar-refractivity contribution in [3.8, 4) is 0 Å². The zero-order valence-electron chi connectivity index (χ0n) is 38.4. The monoisotopic (exact) mass is 872 g/mol. The molecule has 0 aliphatic heterocycles. The van der Waals surface area contributed by atoms with E-state index < -0.39 is 45.2 Å².